The molecule has 0 saturated carbocycles. The van der Waals surface area contributed by atoms with Gasteiger partial charge in [-0.3, -0.25) is 0 Å². The number of methoxy groups -OCH3 is 1. The lowest BCUT2D eigenvalue weighted by Gasteiger charge is -2.15. The number of ether oxygens (including phenoxy) is 2. The Labute approximate surface area is 177 Å². The van der Waals surface area contributed by atoms with Crippen LogP contribution in [0.15, 0.2) is 65.1 Å². The standard InChI is InChI=1S/C23H22BrF2NO2/c1-28-22-13-17(14-27-11-10-18-4-2-3-5-21(18)26)12-20(24)23(22)29-15-16-6-8-19(25)9-7-16/h2-9,12-13,27H,10-11,14-15H2,1H3. The zero-order valence-electron chi connectivity index (χ0n) is 16.1. The van der Waals surface area contributed by atoms with Gasteiger partial charge in [0.25, 0.3) is 0 Å². The van der Waals surface area contributed by atoms with Gasteiger partial charge in [-0.2, -0.15) is 0 Å². The van der Waals surface area contributed by atoms with E-state index in [1.165, 1.54) is 18.2 Å². The third kappa shape index (κ3) is 6.02. The fourth-order valence-corrected chi connectivity index (χ4v) is 3.51. The molecule has 0 bridgehead atoms. The minimum atomic E-state index is -0.278. The molecule has 0 radical (unpaired) electrons. The van der Waals surface area contributed by atoms with Gasteiger partial charge in [-0.25, -0.2) is 8.78 Å². The van der Waals surface area contributed by atoms with E-state index in [0.29, 0.717) is 43.2 Å². The van der Waals surface area contributed by atoms with Crippen molar-refractivity contribution in [1.29, 1.82) is 0 Å². The normalized spacial score (nSPS) is 10.8. The van der Waals surface area contributed by atoms with Gasteiger partial charge in [-0.15, -0.1) is 0 Å². The first kappa shape index (κ1) is 21.3. The maximum Gasteiger partial charge on any atom is 0.175 e. The number of hydrogen-bond acceptors (Lipinski definition) is 3. The Morgan fingerprint density at radius 1 is 0.966 bits per heavy atom. The lowest BCUT2D eigenvalue weighted by Crippen LogP contribution is -2.17. The van der Waals surface area contributed by atoms with Crippen molar-refractivity contribution in [3.8, 4) is 11.5 Å². The highest BCUT2D eigenvalue weighted by molar-refractivity contribution is 9.10. The van der Waals surface area contributed by atoms with Crippen LogP contribution in [0.3, 0.4) is 0 Å². The van der Waals surface area contributed by atoms with E-state index in [9.17, 15) is 8.78 Å². The molecule has 0 amide bonds. The Bertz CT molecular complexity index is 948. The molecular weight excluding hydrogens is 440 g/mol. The van der Waals surface area contributed by atoms with Crippen LogP contribution in [0.2, 0.25) is 0 Å². The van der Waals surface area contributed by atoms with Crippen LogP contribution in [0.4, 0.5) is 8.78 Å². The molecule has 0 unspecified atom stereocenters. The highest BCUT2D eigenvalue weighted by Crippen LogP contribution is 2.37. The lowest BCUT2D eigenvalue weighted by atomic mass is 10.1. The average molecular weight is 462 g/mol. The SMILES string of the molecule is COc1cc(CNCCc2ccccc2F)cc(Br)c1OCc1ccc(F)cc1. The van der Waals surface area contributed by atoms with E-state index in [0.717, 1.165) is 15.6 Å². The molecule has 1 N–H and O–H groups in total. The van der Waals surface area contributed by atoms with E-state index in [1.807, 2.05) is 18.2 Å². The monoisotopic (exact) mass is 461 g/mol. The van der Waals surface area contributed by atoms with E-state index >= 15 is 0 Å². The van der Waals surface area contributed by atoms with Gasteiger partial charge in [0.1, 0.15) is 18.2 Å². The van der Waals surface area contributed by atoms with Crippen LogP contribution >= 0.6 is 15.9 Å². The fraction of sp³-hybridized carbons (Fsp3) is 0.217. The van der Waals surface area contributed by atoms with Crippen LogP contribution in [0.5, 0.6) is 11.5 Å². The first-order chi connectivity index (χ1) is 14.1. The first-order valence-corrected chi connectivity index (χ1v) is 10.0. The van der Waals surface area contributed by atoms with E-state index in [2.05, 4.69) is 21.2 Å². The van der Waals surface area contributed by atoms with E-state index in [1.54, 1.807) is 31.4 Å². The second-order valence-electron chi connectivity index (χ2n) is 6.54. The minimum absolute atomic E-state index is 0.179. The van der Waals surface area contributed by atoms with Crippen LogP contribution in [-0.4, -0.2) is 13.7 Å². The van der Waals surface area contributed by atoms with Crippen LogP contribution < -0.4 is 14.8 Å². The van der Waals surface area contributed by atoms with Gasteiger partial charge in [0, 0.05) is 6.54 Å². The molecular formula is C23H22BrF2NO2. The van der Waals surface area contributed by atoms with Gasteiger partial charge in [-0.05, 0) is 75.9 Å². The molecule has 3 rings (SSSR count). The molecule has 3 aromatic carbocycles. The number of benzene rings is 3. The Morgan fingerprint density at radius 3 is 2.45 bits per heavy atom. The zero-order chi connectivity index (χ0) is 20.6. The summed E-state index contributed by atoms with van der Waals surface area (Å²) in [7, 11) is 1.59. The molecule has 0 saturated heterocycles. The maximum atomic E-state index is 13.7. The number of halogens is 3. The molecule has 3 nitrogen and oxygen atoms in total. The molecule has 0 aromatic heterocycles. The third-order valence-corrected chi connectivity index (χ3v) is 5.03. The Balaban J connectivity index is 1.58. The average Bonchev–Trinajstić information content (AvgIpc) is 2.72. The molecule has 0 atom stereocenters. The summed E-state index contributed by atoms with van der Waals surface area (Å²) in [6, 6.07) is 16.8. The van der Waals surface area contributed by atoms with E-state index in [-0.39, 0.29) is 11.6 Å². The predicted molar refractivity (Wildman–Crippen MR) is 113 cm³/mol. The Hall–Kier alpha value is -2.44. The molecule has 6 heteroatoms. The molecule has 29 heavy (non-hydrogen) atoms. The summed E-state index contributed by atoms with van der Waals surface area (Å²) in [5.74, 6) is 0.736. The highest BCUT2D eigenvalue weighted by Gasteiger charge is 2.12. The summed E-state index contributed by atoms with van der Waals surface area (Å²) in [4.78, 5) is 0. The van der Waals surface area contributed by atoms with Crippen LogP contribution in [0.25, 0.3) is 0 Å². The van der Waals surface area contributed by atoms with Gasteiger partial charge in [0.15, 0.2) is 11.5 Å². The van der Waals surface area contributed by atoms with Crippen molar-refractivity contribution in [3.05, 3.63) is 93.5 Å². The zero-order valence-corrected chi connectivity index (χ0v) is 17.6. The van der Waals surface area contributed by atoms with Crippen molar-refractivity contribution in [2.45, 2.75) is 19.6 Å². The van der Waals surface area contributed by atoms with E-state index in [4.69, 9.17) is 9.47 Å². The summed E-state index contributed by atoms with van der Waals surface area (Å²) in [6.07, 6.45) is 0.615. The molecule has 0 fully saturated rings. The largest absolute Gasteiger partial charge is 0.493 e. The quantitative estimate of drug-likeness (QED) is 0.417. The predicted octanol–water partition coefficient (Wildman–Crippen LogP) is 5.65. The van der Waals surface area contributed by atoms with Crippen molar-refractivity contribution in [3.63, 3.8) is 0 Å². The Kier molecular flexibility index (Phi) is 7.61. The fourth-order valence-electron chi connectivity index (χ4n) is 2.91. The summed E-state index contributed by atoms with van der Waals surface area (Å²) < 4.78 is 38.8. The van der Waals surface area contributed by atoms with Crippen LogP contribution in [-0.2, 0) is 19.6 Å². The molecule has 3 aromatic rings. The molecule has 0 aliphatic rings. The van der Waals surface area contributed by atoms with Crippen molar-refractivity contribution in [2.24, 2.45) is 0 Å². The number of rotatable bonds is 9. The summed E-state index contributed by atoms with van der Waals surface area (Å²) in [6.45, 7) is 1.57. The second-order valence-corrected chi connectivity index (χ2v) is 7.40. The van der Waals surface area contributed by atoms with E-state index < -0.39 is 0 Å². The smallest absolute Gasteiger partial charge is 0.175 e. The van der Waals surface area contributed by atoms with Crippen molar-refractivity contribution in [1.82, 2.24) is 5.32 Å². The van der Waals surface area contributed by atoms with Crippen LogP contribution in [0.1, 0.15) is 16.7 Å². The van der Waals surface area contributed by atoms with Gasteiger partial charge in [0.05, 0.1) is 11.6 Å². The van der Waals surface area contributed by atoms with Crippen LogP contribution in [0, 0.1) is 11.6 Å². The van der Waals surface area contributed by atoms with Crippen molar-refractivity contribution < 1.29 is 18.3 Å². The third-order valence-electron chi connectivity index (χ3n) is 4.44. The summed E-state index contributed by atoms with van der Waals surface area (Å²) >= 11 is 3.54. The van der Waals surface area contributed by atoms with Gasteiger partial charge < -0.3 is 14.8 Å². The number of hydrogen-bond donors (Lipinski definition) is 1. The maximum absolute atomic E-state index is 13.7. The highest BCUT2D eigenvalue weighted by atomic mass is 79.9. The van der Waals surface area contributed by atoms with Crippen molar-refractivity contribution in [2.75, 3.05) is 13.7 Å². The van der Waals surface area contributed by atoms with Crippen molar-refractivity contribution >= 4 is 15.9 Å². The minimum Gasteiger partial charge on any atom is -0.493 e. The Morgan fingerprint density at radius 2 is 1.72 bits per heavy atom. The van der Waals surface area contributed by atoms with Gasteiger partial charge >= 0.3 is 0 Å². The molecule has 0 heterocycles. The van der Waals surface area contributed by atoms with Gasteiger partial charge in [-0.1, -0.05) is 30.3 Å². The second kappa shape index (κ2) is 10.4. The number of nitrogens with one attached hydrogen (secondary N) is 1. The first-order valence-electron chi connectivity index (χ1n) is 9.24. The molecule has 0 spiro atoms. The van der Waals surface area contributed by atoms with Gasteiger partial charge in [0.2, 0.25) is 0 Å². The molecule has 0 aliphatic heterocycles. The summed E-state index contributed by atoms with van der Waals surface area (Å²) in [5, 5.41) is 3.32. The lowest BCUT2D eigenvalue weighted by molar-refractivity contribution is 0.282. The molecule has 152 valence electrons. The summed E-state index contributed by atoms with van der Waals surface area (Å²) in [5.41, 5.74) is 2.57. The molecule has 0 aliphatic carbocycles. The topological polar surface area (TPSA) is 30.5 Å².